The van der Waals surface area contributed by atoms with Gasteiger partial charge in [-0.2, -0.15) is 0 Å². The number of carbonyl (C=O) groups is 2. The molecule has 2 rings (SSSR count). The number of rotatable bonds is 6. The molecular weight excluding hydrogens is 296 g/mol. The van der Waals surface area contributed by atoms with E-state index in [0.717, 1.165) is 0 Å². The zero-order valence-corrected chi connectivity index (χ0v) is 13.4. The maximum atomic E-state index is 12.2. The van der Waals surface area contributed by atoms with Crippen LogP contribution in [0.3, 0.4) is 0 Å². The Hall–Kier alpha value is -2.76. The molecule has 2 N–H and O–H groups in total. The van der Waals surface area contributed by atoms with E-state index in [1.807, 2.05) is 6.92 Å². The molecule has 1 amide bonds. The second kappa shape index (κ2) is 7.00. The number of methoxy groups -OCH3 is 1. The van der Waals surface area contributed by atoms with Gasteiger partial charge in [-0.05, 0) is 43.7 Å². The van der Waals surface area contributed by atoms with Crippen LogP contribution in [0.25, 0.3) is 0 Å². The lowest BCUT2D eigenvalue weighted by Gasteiger charge is -2.09. The molecule has 0 saturated carbocycles. The molecule has 0 fully saturated rings. The normalized spacial score (nSPS) is 10.4. The summed E-state index contributed by atoms with van der Waals surface area (Å²) < 4.78 is 6.86. The number of carboxylic acid groups (broad SMARTS) is 1. The minimum Gasteiger partial charge on any atom is -0.497 e. The van der Waals surface area contributed by atoms with Gasteiger partial charge in [0.15, 0.2) is 0 Å². The average molecular weight is 316 g/mol. The molecule has 0 saturated heterocycles. The summed E-state index contributed by atoms with van der Waals surface area (Å²) >= 11 is 0. The van der Waals surface area contributed by atoms with Crippen LogP contribution in [-0.2, 0) is 17.8 Å². The van der Waals surface area contributed by atoms with Gasteiger partial charge in [0.1, 0.15) is 5.75 Å². The van der Waals surface area contributed by atoms with Gasteiger partial charge in [0, 0.05) is 24.1 Å². The number of carbonyl (C=O) groups excluding carboxylic acids is 1. The summed E-state index contributed by atoms with van der Waals surface area (Å²) in [7, 11) is 1.57. The highest BCUT2D eigenvalue weighted by molar-refractivity contribution is 5.96. The fourth-order valence-electron chi connectivity index (χ4n) is 2.54. The molecule has 0 aliphatic heterocycles. The number of nitrogens with zero attached hydrogens (tertiary/aromatic N) is 1. The number of hydrogen-bond donors (Lipinski definition) is 2. The lowest BCUT2D eigenvalue weighted by atomic mass is 10.1. The average Bonchev–Trinajstić information content (AvgIpc) is 2.83. The Kier molecular flexibility index (Phi) is 5.05. The van der Waals surface area contributed by atoms with E-state index >= 15 is 0 Å². The van der Waals surface area contributed by atoms with Crippen molar-refractivity contribution in [2.24, 2.45) is 0 Å². The van der Waals surface area contributed by atoms with Crippen LogP contribution in [-0.4, -0.2) is 28.7 Å². The van der Waals surface area contributed by atoms with Crippen LogP contribution in [0.15, 0.2) is 30.5 Å². The van der Waals surface area contributed by atoms with Gasteiger partial charge in [0.05, 0.1) is 19.1 Å². The van der Waals surface area contributed by atoms with Crippen molar-refractivity contribution in [1.29, 1.82) is 0 Å². The van der Waals surface area contributed by atoms with Gasteiger partial charge < -0.3 is 19.7 Å². The van der Waals surface area contributed by atoms with Crippen LogP contribution in [0.2, 0.25) is 0 Å². The zero-order valence-electron chi connectivity index (χ0n) is 13.4. The number of aryl methyl sites for hydroxylation is 2. The highest BCUT2D eigenvalue weighted by atomic mass is 16.5. The molecule has 23 heavy (non-hydrogen) atoms. The molecular formula is C17H20N2O4. The molecule has 0 aliphatic carbocycles. The molecule has 0 unspecified atom stereocenters. The maximum Gasteiger partial charge on any atom is 0.337 e. The smallest absolute Gasteiger partial charge is 0.337 e. The number of benzene rings is 1. The number of anilines is 1. The Morgan fingerprint density at radius 3 is 2.43 bits per heavy atom. The molecule has 6 heteroatoms. The van der Waals surface area contributed by atoms with Crippen molar-refractivity contribution in [2.75, 3.05) is 12.4 Å². The van der Waals surface area contributed by atoms with Gasteiger partial charge in [-0.1, -0.05) is 0 Å². The van der Waals surface area contributed by atoms with E-state index < -0.39 is 5.97 Å². The predicted octanol–water partition coefficient (Wildman–Crippen LogP) is 2.70. The van der Waals surface area contributed by atoms with Crippen molar-refractivity contribution >= 4 is 17.6 Å². The third kappa shape index (κ3) is 3.71. The van der Waals surface area contributed by atoms with Crippen LogP contribution >= 0.6 is 0 Å². The van der Waals surface area contributed by atoms with Crippen molar-refractivity contribution < 1.29 is 19.4 Å². The van der Waals surface area contributed by atoms with E-state index in [4.69, 9.17) is 4.74 Å². The van der Waals surface area contributed by atoms with Crippen LogP contribution in [0, 0.1) is 6.92 Å². The van der Waals surface area contributed by atoms with Crippen molar-refractivity contribution in [3.63, 3.8) is 0 Å². The topological polar surface area (TPSA) is 80.6 Å². The summed E-state index contributed by atoms with van der Waals surface area (Å²) in [5, 5.41) is 12.1. The van der Waals surface area contributed by atoms with E-state index in [9.17, 15) is 14.7 Å². The minimum absolute atomic E-state index is 0.00927. The van der Waals surface area contributed by atoms with E-state index in [1.165, 1.54) is 0 Å². The van der Waals surface area contributed by atoms with Gasteiger partial charge in [0.2, 0.25) is 5.91 Å². The number of hydrogen-bond acceptors (Lipinski definition) is 3. The SMILES string of the molecule is CCn1cc(C)c(C(=O)O)c1CC(=O)Nc1ccc(OC)cc1. The molecule has 1 heterocycles. The fourth-order valence-corrected chi connectivity index (χ4v) is 2.54. The molecule has 122 valence electrons. The summed E-state index contributed by atoms with van der Waals surface area (Å²) in [6.07, 6.45) is 1.77. The monoisotopic (exact) mass is 316 g/mol. The van der Waals surface area contributed by atoms with E-state index in [2.05, 4.69) is 5.32 Å². The van der Waals surface area contributed by atoms with Crippen LogP contribution in [0.5, 0.6) is 5.75 Å². The molecule has 0 aliphatic rings. The van der Waals surface area contributed by atoms with Crippen molar-refractivity contribution in [3.05, 3.63) is 47.3 Å². The predicted molar refractivity (Wildman–Crippen MR) is 87.1 cm³/mol. The second-order valence-corrected chi connectivity index (χ2v) is 5.18. The molecule has 0 radical (unpaired) electrons. The highest BCUT2D eigenvalue weighted by Crippen LogP contribution is 2.19. The van der Waals surface area contributed by atoms with Crippen molar-refractivity contribution in [1.82, 2.24) is 4.57 Å². The van der Waals surface area contributed by atoms with E-state index in [1.54, 1.807) is 49.1 Å². The minimum atomic E-state index is -1.01. The largest absolute Gasteiger partial charge is 0.497 e. The standard InChI is InChI=1S/C17H20N2O4/c1-4-19-10-11(2)16(17(21)22)14(19)9-15(20)18-12-5-7-13(23-3)8-6-12/h5-8,10H,4,9H2,1-3H3,(H,18,20)(H,21,22). The number of aromatic carboxylic acids is 1. The van der Waals surface area contributed by atoms with Crippen molar-refractivity contribution in [2.45, 2.75) is 26.8 Å². The zero-order chi connectivity index (χ0) is 17.0. The van der Waals surface area contributed by atoms with Gasteiger partial charge in [-0.3, -0.25) is 4.79 Å². The molecule has 1 aromatic carbocycles. The van der Waals surface area contributed by atoms with Gasteiger partial charge in [-0.15, -0.1) is 0 Å². The van der Waals surface area contributed by atoms with Crippen LogP contribution < -0.4 is 10.1 Å². The number of ether oxygens (including phenoxy) is 1. The number of nitrogens with one attached hydrogen (secondary N) is 1. The Morgan fingerprint density at radius 1 is 1.26 bits per heavy atom. The lowest BCUT2D eigenvalue weighted by Crippen LogP contribution is -2.18. The van der Waals surface area contributed by atoms with E-state index in [-0.39, 0.29) is 17.9 Å². The molecule has 0 atom stereocenters. The first-order chi connectivity index (χ1) is 11.0. The summed E-state index contributed by atoms with van der Waals surface area (Å²) in [4.78, 5) is 23.7. The Morgan fingerprint density at radius 2 is 1.91 bits per heavy atom. The summed E-state index contributed by atoms with van der Waals surface area (Å²) in [6, 6.07) is 6.96. The molecule has 0 bridgehead atoms. The van der Waals surface area contributed by atoms with Gasteiger partial charge >= 0.3 is 5.97 Å². The first-order valence-electron chi connectivity index (χ1n) is 7.32. The van der Waals surface area contributed by atoms with Gasteiger partial charge in [-0.25, -0.2) is 4.79 Å². The maximum absolute atomic E-state index is 12.2. The first kappa shape index (κ1) is 16.6. The third-order valence-corrected chi connectivity index (χ3v) is 3.64. The number of aromatic nitrogens is 1. The van der Waals surface area contributed by atoms with Crippen molar-refractivity contribution in [3.8, 4) is 5.75 Å². The molecule has 2 aromatic rings. The van der Waals surface area contributed by atoms with Crippen LogP contribution in [0.4, 0.5) is 5.69 Å². The Labute approximate surface area is 134 Å². The molecule has 1 aromatic heterocycles. The second-order valence-electron chi connectivity index (χ2n) is 5.18. The summed E-state index contributed by atoms with van der Waals surface area (Å²) in [5.74, 6) is -0.570. The Bertz CT molecular complexity index is 717. The highest BCUT2D eigenvalue weighted by Gasteiger charge is 2.20. The van der Waals surface area contributed by atoms with E-state index in [0.29, 0.717) is 29.2 Å². The van der Waals surface area contributed by atoms with Gasteiger partial charge in [0.25, 0.3) is 0 Å². The summed E-state index contributed by atoms with van der Waals surface area (Å²) in [5.41, 5.74) is 2.02. The third-order valence-electron chi connectivity index (χ3n) is 3.64. The Balaban J connectivity index is 2.17. The number of carboxylic acids is 1. The number of amides is 1. The summed E-state index contributed by atoms with van der Waals surface area (Å²) in [6.45, 7) is 4.26. The first-order valence-corrected chi connectivity index (χ1v) is 7.32. The molecule has 6 nitrogen and oxygen atoms in total. The lowest BCUT2D eigenvalue weighted by molar-refractivity contribution is -0.115. The molecule has 0 spiro atoms. The fraction of sp³-hybridized carbons (Fsp3) is 0.294. The quantitative estimate of drug-likeness (QED) is 0.858. The van der Waals surface area contributed by atoms with Crippen LogP contribution in [0.1, 0.15) is 28.5 Å².